The molecule has 0 aliphatic carbocycles. The highest BCUT2D eigenvalue weighted by Crippen LogP contribution is 2.26. The molecule has 0 aromatic rings. The van der Waals surface area contributed by atoms with Gasteiger partial charge < -0.3 is 9.47 Å². The van der Waals surface area contributed by atoms with Crippen LogP contribution >= 0.6 is 0 Å². The Morgan fingerprint density at radius 2 is 2.06 bits per heavy atom. The third kappa shape index (κ3) is 4.97. The summed E-state index contributed by atoms with van der Waals surface area (Å²) >= 11 is 0. The number of ether oxygens (including phenoxy) is 2. The average Bonchev–Trinajstić information content (AvgIpc) is 3.04. The van der Waals surface area contributed by atoms with Gasteiger partial charge in [-0.3, -0.25) is 4.79 Å². The molecule has 0 saturated carbocycles. The maximum atomic E-state index is 11.8. The minimum Gasteiger partial charge on any atom is -0.462 e. The fourth-order valence-corrected chi connectivity index (χ4v) is 1.62. The van der Waals surface area contributed by atoms with Crippen LogP contribution in [0.2, 0.25) is 0 Å². The van der Waals surface area contributed by atoms with Crippen LogP contribution in [0.1, 0.15) is 52.9 Å². The normalized spacial score (nSPS) is 19.6. The van der Waals surface area contributed by atoms with Crippen molar-refractivity contribution in [2.45, 2.75) is 59.0 Å². The Morgan fingerprint density at radius 1 is 1.38 bits per heavy atom. The first-order valence-corrected chi connectivity index (χ1v) is 6.35. The number of esters is 1. The van der Waals surface area contributed by atoms with Crippen LogP contribution in [-0.2, 0) is 14.3 Å². The molecule has 1 aliphatic rings. The summed E-state index contributed by atoms with van der Waals surface area (Å²) in [4.78, 5) is 11.8. The van der Waals surface area contributed by atoms with Crippen LogP contribution in [0, 0.1) is 5.41 Å². The summed E-state index contributed by atoms with van der Waals surface area (Å²) in [6.07, 6.45) is 5.87. The Hall–Kier alpha value is -0.570. The molecular formula is C13H24O3. The zero-order valence-electron chi connectivity index (χ0n) is 10.8. The minimum absolute atomic E-state index is 0.0838. The number of hydrogen-bond acceptors (Lipinski definition) is 3. The third-order valence-electron chi connectivity index (χ3n) is 3.01. The van der Waals surface area contributed by atoms with E-state index in [1.54, 1.807) is 0 Å². The molecule has 94 valence electrons. The predicted molar refractivity (Wildman–Crippen MR) is 63.2 cm³/mol. The number of carbonyl (C=O) groups is 1. The fraction of sp³-hybridized carbons (Fsp3) is 0.923. The Balaban J connectivity index is 2.15. The monoisotopic (exact) mass is 228 g/mol. The van der Waals surface area contributed by atoms with Crippen molar-refractivity contribution in [2.75, 3.05) is 13.2 Å². The van der Waals surface area contributed by atoms with Gasteiger partial charge in [0.1, 0.15) is 12.7 Å². The zero-order valence-corrected chi connectivity index (χ0v) is 10.8. The van der Waals surface area contributed by atoms with E-state index >= 15 is 0 Å². The molecule has 0 spiro atoms. The SMILES string of the molecule is CCCCCCC(C)(C)C(=O)OC[C@@H]1CO1. The van der Waals surface area contributed by atoms with Crippen molar-refractivity contribution in [3.8, 4) is 0 Å². The van der Waals surface area contributed by atoms with Crippen molar-refractivity contribution in [3.63, 3.8) is 0 Å². The maximum absolute atomic E-state index is 11.8. The lowest BCUT2D eigenvalue weighted by molar-refractivity contribution is -0.154. The quantitative estimate of drug-likeness (QED) is 0.364. The van der Waals surface area contributed by atoms with E-state index < -0.39 is 0 Å². The smallest absolute Gasteiger partial charge is 0.311 e. The van der Waals surface area contributed by atoms with Gasteiger partial charge in [-0.25, -0.2) is 0 Å². The molecule has 1 aliphatic heterocycles. The van der Waals surface area contributed by atoms with Crippen molar-refractivity contribution >= 4 is 5.97 Å². The molecule has 0 unspecified atom stereocenters. The van der Waals surface area contributed by atoms with Gasteiger partial charge >= 0.3 is 5.97 Å². The van der Waals surface area contributed by atoms with E-state index in [0.29, 0.717) is 6.61 Å². The molecule has 1 fully saturated rings. The molecule has 16 heavy (non-hydrogen) atoms. The van der Waals surface area contributed by atoms with E-state index in [1.807, 2.05) is 13.8 Å². The highest BCUT2D eigenvalue weighted by atomic mass is 16.6. The van der Waals surface area contributed by atoms with Crippen molar-refractivity contribution < 1.29 is 14.3 Å². The van der Waals surface area contributed by atoms with Crippen LogP contribution in [0.5, 0.6) is 0 Å². The number of unbranched alkanes of at least 4 members (excludes halogenated alkanes) is 3. The average molecular weight is 228 g/mol. The number of carbonyl (C=O) groups excluding carboxylic acids is 1. The first kappa shape index (κ1) is 13.5. The number of hydrogen-bond donors (Lipinski definition) is 0. The van der Waals surface area contributed by atoms with Crippen LogP contribution < -0.4 is 0 Å². The topological polar surface area (TPSA) is 38.8 Å². The summed E-state index contributed by atoms with van der Waals surface area (Å²) < 4.78 is 10.2. The second-order valence-corrected chi connectivity index (χ2v) is 5.25. The van der Waals surface area contributed by atoms with Gasteiger partial charge in [0.2, 0.25) is 0 Å². The van der Waals surface area contributed by atoms with E-state index in [-0.39, 0.29) is 17.5 Å². The van der Waals surface area contributed by atoms with Gasteiger partial charge in [-0.05, 0) is 20.3 Å². The first-order valence-electron chi connectivity index (χ1n) is 6.35. The van der Waals surface area contributed by atoms with Gasteiger partial charge in [-0.1, -0.05) is 32.6 Å². The number of rotatable bonds is 8. The first-order chi connectivity index (χ1) is 7.56. The molecule has 3 heteroatoms. The van der Waals surface area contributed by atoms with E-state index in [1.165, 1.54) is 19.3 Å². The lowest BCUT2D eigenvalue weighted by Crippen LogP contribution is -2.27. The molecule has 0 N–H and O–H groups in total. The van der Waals surface area contributed by atoms with Gasteiger partial charge in [-0.15, -0.1) is 0 Å². The van der Waals surface area contributed by atoms with Crippen LogP contribution in [0.4, 0.5) is 0 Å². The molecule has 3 nitrogen and oxygen atoms in total. The molecule has 1 saturated heterocycles. The molecular weight excluding hydrogens is 204 g/mol. The van der Waals surface area contributed by atoms with Crippen LogP contribution in [0.3, 0.4) is 0 Å². The Morgan fingerprint density at radius 3 is 2.62 bits per heavy atom. The number of epoxide rings is 1. The molecule has 0 amide bonds. The highest BCUT2D eigenvalue weighted by molar-refractivity contribution is 5.75. The van der Waals surface area contributed by atoms with Gasteiger partial charge in [-0.2, -0.15) is 0 Å². The Labute approximate surface area is 98.5 Å². The highest BCUT2D eigenvalue weighted by Gasteiger charge is 2.31. The molecule has 1 rings (SSSR count). The van der Waals surface area contributed by atoms with Crippen LogP contribution in [0.25, 0.3) is 0 Å². The summed E-state index contributed by atoms with van der Waals surface area (Å²) in [7, 11) is 0. The van der Waals surface area contributed by atoms with Crippen molar-refractivity contribution in [2.24, 2.45) is 5.41 Å². The van der Waals surface area contributed by atoms with Crippen LogP contribution in [-0.4, -0.2) is 25.3 Å². The minimum atomic E-state index is -0.345. The van der Waals surface area contributed by atoms with Crippen molar-refractivity contribution in [1.82, 2.24) is 0 Å². The summed E-state index contributed by atoms with van der Waals surface area (Å²) in [5.41, 5.74) is -0.345. The van der Waals surface area contributed by atoms with E-state index in [4.69, 9.17) is 9.47 Å². The van der Waals surface area contributed by atoms with Crippen LogP contribution in [0.15, 0.2) is 0 Å². The van der Waals surface area contributed by atoms with Crippen molar-refractivity contribution in [1.29, 1.82) is 0 Å². The maximum Gasteiger partial charge on any atom is 0.311 e. The van der Waals surface area contributed by atoms with Crippen molar-refractivity contribution in [3.05, 3.63) is 0 Å². The molecule has 0 aromatic carbocycles. The summed E-state index contributed by atoms with van der Waals surface area (Å²) in [5, 5.41) is 0. The molecule has 0 bridgehead atoms. The summed E-state index contributed by atoms with van der Waals surface area (Å²) in [6.45, 7) is 7.29. The van der Waals surface area contributed by atoms with E-state index in [0.717, 1.165) is 19.4 Å². The largest absolute Gasteiger partial charge is 0.462 e. The lowest BCUT2D eigenvalue weighted by Gasteiger charge is -2.22. The van der Waals surface area contributed by atoms with E-state index in [2.05, 4.69) is 6.92 Å². The van der Waals surface area contributed by atoms with Gasteiger partial charge in [0, 0.05) is 0 Å². The molecule has 1 heterocycles. The molecule has 1 atom stereocenters. The summed E-state index contributed by atoms with van der Waals surface area (Å²) in [6, 6.07) is 0. The third-order valence-corrected chi connectivity index (χ3v) is 3.01. The second-order valence-electron chi connectivity index (χ2n) is 5.25. The predicted octanol–water partition coefficient (Wildman–Crippen LogP) is 2.93. The van der Waals surface area contributed by atoms with Gasteiger partial charge in [0.25, 0.3) is 0 Å². The molecule has 0 radical (unpaired) electrons. The molecule has 0 aromatic heterocycles. The Bertz CT molecular complexity index is 219. The Kier molecular flexibility index (Phi) is 5.26. The second kappa shape index (κ2) is 6.24. The zero-order chi connectivity index (χ0) is 12.0. The van der Waals surface area contributed by atoms with Gasteiger partial charge in [0.15, 0.2) is 0 Å². The summed E-state index contributed by atoms with van der Waals surface area (Å²) in [5.74, 6) is -0.0838. The standard InChI is InChI=1S/C13H24O3/c1-4-5-6-7-8-13(2,3)12(14)16-10-11-9-15-11/h11H,4-10H2,1-3H3/t11-/m0/s1. The lowest BCUT2D eigenvalue weighted by atomic mass is 9.87. The van der Waals surface area contributed by atoms with Gasteiger partial charge in [0.05, 0.1) is 12.0 Å². The van der Waals surface area contributed by atoms with E-state index in [9.17, 15) is 4.79 Å². The fourth-order valence-electron chi connectivity index (χ4n) is 1.62.